The zero-order valence-corrected chi connectivity index (χ0v) is 26.3. The minimum absolute atomic E-state index is 0.0312. The van der Waals surface area contributed by atoms with Crippen LogP contribution in [0.5, 0.6) is 11.8 Å². The highest BCUT2D eigenvalue weighted by Crippen LogP contribution is 2.47. The number of anilines is 1. The van der Waals surface area contributed by atoms with E-state index in [9.17, 15) is 18.7 Å². The third-order valence-electron chi connectivity index (χ3n) is 9.63. The number of ether oxygens (including phenoxy) is 1. The van der Waals surface area contributed by atoms with Crippen LogP contribution >= 0.6 is 11.6 Å². The first kappa shape index (κ1) is 31.4. The fourth-order valence-electron chi connectivity index (χ4n) is 7.53. The second-order valence-electron chi connectivity index (χ2n) is 12.7. The maximum absolute atomic E-state index is 16.9. The van der Waals surface area contributed by atoms with E-state index >= 15 is 8.78 Å². The highest BCUT2D eigenvalue weighted by Gasteiger charge is 2.57. The molecule has 8 nitrogen and oxygen atoms in total. The van der Waals surface area contributed by atoms with E-state index in [-0.39, 0.29) is 75.7 Å². The van der Waals surface area contributed by atoms with Crippen molar-refractivity contribution in [3.05, 3.63) is 65.7 Å². The molecule has 13 heteroatoms. The Labute approximate surface area is 273 Å². The Hall–Kier alpha value is -4.16. The van der Waals surface area contributed by atoms with Gasteiger partial charge in [-0.2, -0.15) is 9.97 Å². The van der Waals surface area contributed by atoms with E-state index < -0.39 is 23.1 Å². The van der Waals surface area contributed by atoms with Crippen molar-refractivity contribution < 1.29 is 32.2 Å². The van der Waals surface area contributed by atoms with Crippen molar-refractivity contribution in [1.82, 2.24) is 19.8 Å². The van der Waals surface area contributed by atoms with Crippen LogP contribution in [0.15, 0.2) is 49.1 Å². The van der Waals surface area contributed by atoms with Crippen LogP contribution in [0.4, 0.5) is 23.4 Å². The number of piperazine rings is 1. The van der Waals surface area contributed by atoms with Crippen LogP contribution in [-0.4, -0.2) is 87.6 Å². The molecule has 0 bridgehead atoms. The Balaban J connectivity index is 1.37. The number of alkyl halides is 2. The normalized spacial score (nSPS) is 22.6. The number of aromatic nitrogens is 2. The largest absolute Gasteiger partial charge is 0.508 e. The standard InChI is InChI=1S/C34H32ClF4N5O3/c1-3-26(46)42-10-11-44(19(2)15-42)31-23-14-24(35)28(22-13-21(45)12-20-6-4-7-25(36)27(20)22)29(37)30(23)40-32(41-31)47-18-33-8-5-9-43(33)17-34(38,39)16-33/h3-4,6-7,12-14,19,45H,1,5,8-11,15-18H2,2H3/t19-,33+/m1/s1. The summed E-state index contributed by atoms with van der Waals surface area (Å²) < 4.78 is 67.1. The topological polar surface area (TPSA) is 82.0 Å². The number of hydrogen-bond acceptors (Lipinski definition) is 7. The summed E-state index contributed by atoms with van der Waals surface area (Å²) in [5, 5.41) is 11.1. The van der Waals surface area contributed by atoms with Crippen LogP contribution in [0.2, 0.25) is 5.02 Å². The zero-order valence-electron chi connectivity index (χ0n) is 25.6. The molecule has 4 aromatic rings. The number of phenols is 1. The van der Waals surface area contributed by atoms with Gasteiger partial charge < -0.3 is 19.6 Å². The monoisotopic (exact) mass is 669 g/mol. The van der Waals surface area contributed by atoms with Gasteiger partial charge in [0.25, 0.3) is 5.92 Å². The number of benzene rings is 3. The molecule has 3 aromatic carbocycles. The van der Waals surface area contributed by atoms with Gasteiger partial charge >= 0.3 is 6.01 Å². The lowest BCUT2D eigenvalue weighted by atomic mass is 9.94. The number of rotatable bonds is 6. The highest BCUT2D eigenvalue weighted by molar-refractivity contribution is 6.35. The fourth-order valence-corrected chi connectivity index (χ4v) is 7.82. The lowest BCUT2D eigenvalue weighted by Crippen LogP contribution is -2.53. The molecule has 0 spiro atoms. The van der Waals surface area contributed by atoms with Gasteiger partial charge in [-0.1, -0.05) is 30.3 Å². The molecule has 3 aliphatic heterocycles. The Bertz CT molecular complexity index is 1940. The first-order valence-corrected chi connectivity index (χ1v) is 15.8. The molecule has 3 aliphatic rings. The number of carbonyl (C=O) groups is 1. The van der Waals surface area contributed by atoms with Crippen LogP contribution < -0.4 is 9.64 Å². The third kappa shape index (κ3) is 5.41. The van der Waals surface area contributed by atoms with Crippen LogP contribution in [0.25, 0.3) is 32.8 Å². The van der Waals surface area contributed by atoms with Crippen LogP contribution in [0, 0.1) is 11.6 Å². The van der Waals surface area contributed by atoms with Crippen LogP contribution in [0.3, 0.4) is 0 Å². The van der Waals surface area contributed by atoms with E-state index in [1.165, 1.54) is 36.4 Å². The van der Waals surface area contributed by atoms with Gasteiger partial charge in [0.15, 0.2) is 5.82 Å². The molecule has 0 unspecified atom stereocenters. The quantitative estimate of drug-likeness (QED) is 0.184. The number of phenolic OH excluding ortho intramolecular Hbond substituents is 1. The molecule has 2 atom stereocenters. The van der Waals surface area contributed by atoms with Gasteiger partial charge in [0.2, 0.25) is 5.91 Å². The second kappa shape index (κ2) is 11.5. The summed E-state index contributed by atoms with van der Waals surface area (Å²) >= 11 is 6.76. The van der Waals surface area contributed by atoms with Crippen molar-refractivity contribution in [2.45, 2.75) is 43.7 Å². The molecule has 0 saturated carbocycles. The lowest BCUT2D eigenvalue weighted by Gasteiger charge is -2.40. The van der Waals surface area contributed by atoms with E-state index in [2.05, 4.69) is 16.5 Å². The molecule has 1 N–H and O–H groups in total. The Morgan fingerprint density at radius 2 is 2.00 bits per heavy atom. The average Bonchev–Trinajstić information content (AvgIpc) is 3.51. The van der Waals surface area contributed by atoms with Gasteiger partial charge in [-0.25, -0.2) is 17.6 Å². The predicted octanol–water partition coefficient (Wildman–Crippen LogP) is 6.56. The van der Waals surface area contributed by atoms with Gasteiger partial charge in [0.1, 0.15) is 29.5 Å². The fraction of sp³-hybridized carbons (Fsp3) is 0.382. The Morgan fingerprint density at radius 3 is 2.77 bits per heavy atom. The van der Waals surface area contributed by atoms with Crippen molar-refractivity contribution >= 4 is 45.0 Å². The Morgan fingerprint density at radius 1 is 1.19 bits per heavy atom. The first-order chi connectivity index (χ1) is 22.4. The molecule has 246 valence electrons. The third-order valence-corrected chi connectivity index (χ3v) is 9.93. The van der Waals surface area contributed by atoms with Crippen molar-refractivity contribution in [3.8, 4) is 22.9 Å². The van der Waals surface area contributed by atoms with E-state index in [0.29, 0.717) is 43.8 Å². The Kier molecular flexibility index (Phi) is 7.70. The number of nitrogens with zero attached hydrogens (tertiary/aromatic N) is 5. The smallest absolute Gasteiger partial charge is 0.319 e. The van der Waals surface area contributed by atoms with Gasteiger partial charge in [-0.3, -0.25) is 9.69 Å². The lowest BCUT2D eigenvalue weighted by molar-refractivity contribution is -0.126. The maximum atomic E-state index is 16.9. The van der Waals surface area contributed by atoms with Gasteiger partial charge in [-0.15, -0.1) is 0 Å². The summed E-state index contributed by atoms with van der Waals surface area (Å²) in [6.07, 6.45) is 2.15. The van der Waals surface area contributed by atoms with E-state index in [1.54, 1.807) is 15.9 Å². The van der Waals surface area contributed by atoms with Crippen molar-refractivity contribution in [1.29, 1.82) is 0 Å². The minimum atomic E-state index is -2.85. The summed E-state index contributed by atoms with van der Waals surface area (Å²) in [5.74, 6) is -4.51. The number of carbonyl (C=O) groups excluding carboxylic acids is 1. The molecule has 0 radical (unpaired) electrons. The van der Waals surface area contributed by atoms with Crippen LogP contribution in [-0.2, 0) is 4.79 Å². The molecule has 3 fully saturated rings. The number of halogens is 5. The molecule has 4 heterocycles. The number of hydrogen-bond donors (Lipinski definition) is 1. The molecular weight excluding hydrogens is 638 g/mol. The van der Waals surface area contributed by atoms with Gasteiger partial charge in [0.05, 0.1) is 17.1 Å². The van der Waals surface area contributed by atoms with Crippen molar-refractivity contribution in [2.75, 3.05) is 44.2 Å². The molecule has 3 saturated heterocycles. The zero-order chi connectivity index (χ0) is 33.2. The summed E-state index contributed by atoms with van der Waals surface area (Å²) in [6, 6.07) is 7.94. The number of fused-ring (bicyclic) bond motifs is 3. The SMILES string of the molecule is C=CC(=O)N1CCN(c2nc(OC[C@@]34CCCN3CC(F)(F)C4)nc3c(F)c(-c4cc(O)cc5cccc(F)c45)c(Cl)cc23)[C@H](C)C1. The van der Waals surface area contributed by atoms with E-state index in [4.69, 9.17) is 16.3 Å². The van der Waals surface area contributed by atoms with Crippen molar-refractivity contribution in [2.24, 2.45) is 0 Å². The predicted molar refractivity (Wildman–Crippen MR) is 171 cm³/mol. The van der Waals surface area contributed by atoms with E-state index in [0.717, 1.165) is 6.42 Å². The molecule has 7 rings (SSSR count). The summed E-state index contributed by atoms with van der Waals surface area (Å²) in [7, 11) is 0. The van der Waals surface area contributed by atoms with Gasteiger partial charge in [-0.05, 0) is 62.0 Å². The van der Waals surface area contributed by atoms with E-state index in [1.807, 2.05) is 11.8 Å². The highest BCUT2D eigenvalue weighted by atomic mass is 35.5. The molecule has 47 heavy (non-hydrogen) atoms. The van der Waals surface area contributed by atoms with Crippen LogP contribution in [0.1, 0.15) is 26.2 Å². The molecule has 1 aromatic heterocycles. The molecule has 0 aliphatic carbocycles. The molecule has 1 amide bonds. The summed E-state index contributed by atoms with van der Waals surface area (Å²) in [4.78, 5) is 26.7. The number of aromatic hydroxyl groups is 1. The minimum Gasteiger partial charge on any atom is -0.508 e. The average molecular weight is 670 g/mol. The first-order valence-electron chi connectivity index (χ1n) is 15.4. The van der Waals surface area contributed by atoms with Crippen molar-refractivity contribution in [3.63, 3.8) is 0 Å². The summed E-state index contributed by atoms with van der Waals surface area (Å²) in [5.41, 5.74) is -1.21. The molecular formula is C34H32ClF4N5O3. The maximum Gasteiger partial charge on any atom is 0.319 e. The summed E-state index contributed by atoms with van der Waals surface area (Å²) in [6.45, 7) is 6.53. The second-order valence-corrected chi connectivity index (χ2v) is 13.1. The number of amides is 1. The van der Waals surface area contributed by atoms with Gasteiger partial charge in [0, 0.05) is 54.0 Å².